The third-order valence-corrected chi connectivity index (χ3v) is 5.81. The second-order valence-corrected chi connectivity index (χ2v) is 7.95. The Morgan fingerprint density at radius 2 is 1.52 bits per heavy atom. The van der Waals surface area contributed by atoms with E-state index >= 15 is 0 Å². The summed E-state index contributed by atoms with van der Waals surface area (Å²) in [6, 6.07) is 10.3. The quantitative estimate of drug-likeness (QED) is 0.347. The van der Waals surface area contributed by atoms with Crippen molar-refractivity contribution in [2.45, 2.75) is 50.2 Å². The predicted molar refractivity (Wildman–Crippen MR) is 103 cm³/mol. The molecule has 4 atom stereocenters. The molecule has 0 aliphatic heterocycles. The third kappa shape index (κ3) is 5.41. The summed E-state index contributed by atoms with van der Waals surface area (Å²) in [4.78, 5) is 11.9. The van der Waals surface area contributed by atoms with E-state index in [-0.39, 0.29) is 11.6 Å². The Morgan fingerprint density at radius 1 is 0.968 bits per heavy atom. The summed E-state index contributed by atoms with van der Waals surface area (Å²) < 4.78 is 84.9. The average molecular weight is 465 g/mol. The fourth-order valence-corrected chi connectivity index (χ4v) is 4.29. The highest BCUT2D eigenvalue weighted by molar-refractivity contribution is 6.64. The van der Waals surface area contributed by atoms with Crippen molar-refractivity contribution < 1.29 is 35.9 Å². The molecule has 9 heteroatoms. The maximum Gasteiger partial charge on any atom is 0.416 e. The first kappa shape index (κ1) is 23.6. The fraction of sp³-hybridized carbons (Fsp3) is 0.409. The van der Waals surface area contributed by atoms with Gasteiger partial charge in [0.1, 0.15) is 0 Å². The Kier molecular flexibility index (Phi) is 6.72. The number of ether oxygens (including phenoxy) is 1. The summed E-state index contributed by atoms with van der Waals surface area (Å²) in [6.45, 7) is 1.40. The summed E-state index contributed by atoms with van der Waals surface area (Å²) >= 11 is 5.75. The molecule has 1 saturated carbocycles. The minimum Gasteiger partial charge on any atom is -0.370 e. The SMILES string of the molecule is CC(OC1CCC(C(=O)Cl)C1c1ccccc1)c1cc(C(F)(F)F)cc(C(F)(F)F)c1. The van der Waals surface area contributed by atoms with Crippen LogP contribution in [0.25, 0.3) is 0 Å². The molecule has 1 fully saturated rings. The lowest BCUT2D eigenvalue weighted by molar-refractivity contribution is -0.143. The van der Waals surface area contributed by atoms with Crippen LogP contribution in [0.2, 0.25) is 0 Å². The molecule has 0 amide bonds. The maximum atomic E-state index is 13.2. The van der Waals surface area contributed by atoms with E-state index in [1.165, 1.54) is 6.92 Å². The van der Waals surface area contributed by atoms with Crippen LogP contribution in [0.5, 0.6) is 0 Å². The number of hydrogen-bond acceptors (Lipinski definition) is 2. The van der Waals surface area contributed by atoms with Crippen LogP contribution in [0.4, 0.5) is 26.3 Å². The predicted octanol–water partition coefficient (Wildman–Crippen LogP) is 7.13. The van der Waals surface area contributed by atoms with Gasteiger partial charge in [0.2, 0.25) is 5.24 Å². The number of benzene rings is 2. The number of alkyl halides is 6. The molecule has 31 heavy (non-hydrogen) atoms. The van der Waals surface area contributed by atoms with Crippen LogP contribution in [0, 0.1) is 5.92 Å². The first-order chi connectivity index (χ1) is 14.4. The monoisotopic (exact) mass is 464 g/mol. The minimum atomic E-state index is -4.94. The second kappa shape index (κ2) is 8.82. The lowest BCUT2D eigenvalue weighted by atomic mass is 9.88. The van der Waals surface area contributed by atoms with Gasteiger partial charge in [-0.15, -0.1) is 0 Å². The van der Waals surface area contributed by atoms with Gasteiger partial charge in [0.15, 0.2) is 0 Å². The van der Waals surface area contributed by atoms with E-state index in [9.17, 15) is 31.1 Å². The second-order valence-electron chi connectivity index (χ2n) is 7.58. The average Bonchev–Trinajstić information content (AvgIpc) is 3.10. The maximum absolute atomic E-state index is 13.2. The molecule has 1 aliphatic carbocycles. The van der Waals surface area contributed by atoms with Gasteiger partial charge in [0.05, 0.1) is 23.3 Å². The Bertz CT molecular complexity index is 894. The van der Waals surface area contributed by atoms with Gasteiger partial charge in [-0.25, -0.2) is 0 Å². The molecule has 4 unspecified atom stereocenters. The van der Waals surface area contributed by atoms with E-state index < -0.39 is 52.8 Å². The lowest BCUT2D eigenvalue weighted by Crippen LogP contribution is -2.24. The van der Waals surface area contributed by atoms with Crippen LogP contribution in [0.15, 0.2) is 48.5 Å². The minimum absolute atomic E-state index is 0.0841. The van der Waals surface area contributed by atoms with E-state index in [2.05, 4.69) is 0 Å². The third-order valence-electron chi connectivity index (χ3n) is 5.53. The largest absolute Gasteiger partial charge is 0.416 e. The molecular weight excluding hydrogens is 446 g/mol. The van der Waals surface area contributed by atoms with Gasteiger partial charge in [-0.2, -0.15) is 26.3 Å². The summed E-state index contributed by atoms with van der Waals surface area (Å²) in [5.74, 6) is -0.991. The number of hydrogen-bond donors (Lipinski definition) is 0. The van der Waals surface area contributed by atoms with Crippen LogP contribution < -0.4 is 0 Å². The Labute approximate surface area is 180 Å². The summed E-state index contributed by atoms with van der Waals surface area (Å²) in [5, 5.41) is -0.550. The van der Waals surface area contributed by atoms with Gasteiger partial charge in [-0.05, 0) is 60.7 Å². The first-order valence-corrected chi connectivity index (χ1v) is 9.95. The van der Waals surface area contributed by atoms with Gasteiger partial charge in [-0.3, -0.25) is 4.79 Å². The number of rotatable bonds is 5. The molecule has 2 nitrogen and oxygen atoms in total. The number of carbonyl (C=O) groups excluding carboxylic acids is 1. The summed E-state index contributed by atoms with van der Waals surface area (Å²) in [6.07, 6.45) is -10.7. The van der Waals surface area contributed by atoms with Crippen LogP contribution in [0.1, 0.15) is 54.0 Å². The van der Waals surface area contributed by atoms with E-state index in [4.69, 9.17) is 16.3 Å². The molecule has 3 rings (SSSR count). The normalized spacial score (nSPS) is 23.0. The Balaban J connectivity index is 1.93. The molecule has 1 aliphatic rings. The van der Waals surface area contributed by atoms with Crippen molar-refractivity contribution >= 4 is 16.8 Å². The van der Waals surface area contributed by atoms with Crippen molar-refractivity contribution in [3.63, 3.8) is 0 Å². The number of carbonyl (C=O) groups is 1. The van der Waals surface area contributed by atoms with Crippen molar-refractivity contribution in [3.05, 3.63) is 70.8 Å². The van der Waals surface area contributed by atoms with Crippen molar-refractivity contribution in [2.24, 2.45) is 5.92 Å². The number of halogens is 7. The van der Waals surface area contributed by atoms with Crippen LogP contribution >= 0.6 is 11.6 Å². The smallest absolute Gasteiger partial charge is 0.370 e. The molecule has 0 aromatic heterocycles. The topological polar surface area (TPSA) is 26.3 Å². The first-order valence-electron chi connectivity index (χ1n) is 9.57. The van der Waals surface area contributed by atoms with Crippen molar-refractivity contribution in [1.82, 2.24) is 0 Å². The highest BCUT2D eigenvalue weighted by Crippen LogP contribution is 2.45. The van der Waals surface area contributed by atoms with E-state index in [1.54, 1.807) is 30.3 Å². The van der Waals surface area contributed by atoms with Gasteiger partial charge < -0.3 is 4.74 Å². The molecule has 0 bridgehead atoms. The lowest BCUT2D eigenvalue weighted by Gasteiger charge is -2.27. The molecular formula is C22H19ClF6O2. The molecule has 168 valence electrons. The molecule has 0 N–H and O–H groups in total. The zero-order valence-electron chi connectivity index (χ0n) is 16.3. The van der Waals surface area contributed by atoms with Crippen LogP contribution in [-0.2, 0) is 21.9 Å². The zero-order chi connectivity index (χ0) is 23.0. The Morgan fingerprint density at radius 3 is 2.00 bits per heavy atom. The Hall–Kier alpha value is -2.06. The molecule has 0 radical (unpaired) electrons. The van der Waals surface area contributed by atoms with Gasteiger partial charge >= 0.3 is 12.4 Å². The summed E-state index contributed by atoms with van der Waals surface area (Å²) in [7, 11) is 0. The molecule has 2 aromatic rings. The molecule has 0 spiro atoms. The van der Waals surface area contributed by atoms with Gasteiger partial charge in [0, 0.05) is 11.8 Å². The van der Waals surface area contributed by atoms with E-state index in [1.807, 2.05) is 0 Å². The van der Waals surface area contributed by atoms with Crippen LogP contribution in [-0.4, -0.2) is 11.3 Å². The molecule has 0 saturated heterocycles. The van der Waals surface area contributed by atoms with Crippen molar-refractivity contribution in [3.8, 4) is 0 Å². The molecule has 2 aromatic carbocycles. The van der Waals surface area contributed by atoms with E-state index in [0.717, 1.165) is 5.56 Å². The van der Waals surface area contributed by atoms with Crippen molar-refractivity contribution in [2.75, 3.05) is 0 Å². The highest BCUT2D eigenvalue weighted by atomic mass is 35.5. The summed E-state index contributed by atoms with van der Waals surface area (Å²) in [5.41, 5.74) is -2.26. The van der Waals surface area contributed by atoms with Crippen LogP contribution in [0.3, 0.4) is 0 Å². The standard InChI is InChI=1S/C22H19ClF6O2/c1-12(14-9-15(21(24,25)26)11-16(10-14)22(27,28)29)31-18-8-7-17(20(23)30)19(18)13-5-3-2-4-6-13/h2-6,9-12,17-19H,7-8H2,1H3. The molecule has 0 heterocycles. The zero-order valence-corrected chi connectivity index (χ0v) is 17.1. The van der Waals surface area contributed by atoms with Gasteiger partial charge in [0.25, 0.3) is 0 Å². The van der Waals surface area contributed by atoms with E-state index in [0.29, 0.717) is 25.0 Å². The van der Waals surface area contributed by atoms with Gasteiger partial charge in [-0.1, -0.05) is 30.3 Å². The van der Waals surface area contributed by atoms with Crippen molar-refractivity contribution in [1.29, 1.82) is 0 Å². The fourth-order valence-electron chi connectivity index (χ4n) is 4.05. The highest BCUT2D eigenvalue weighted by Gasteiger charge is 2.42.